The van der Waals surface area contributed by atoms with E-state index in [1.807, 2.05) is 59.3 Å². The van der Waals surface area contributed by atoms with E-state index in [1.54, 1.807) is 12.3 Å². The van der Waals surface area contributed by atoms with Crippen molar-refractivity contribution in [1.29, 1.82) is 0 Å². The summed E-state index contributed by atoms with van der Waals surface area (Å²) >= 11 is 1.48. The smallest absolute Gasteiger partial charge is 0.149 e. The first-order valence-corrected chi connectivity index (χ1v) is 15.3. The van der Waals surface area contributed by atoms with Gasteiger partial charge in [-0.15, -0.1) is 11.3 Å². The minimum Gasteiger partial charge on any atom is -0.340 e. The van der Waals surface area contributed by atoms with E-state index in [4.69, 9.17) is 5.73 Å². The molecular formula is C29H25FN6O2S2. The van der Waals surface area contributed by atoms with Gasteiger partial charge in [0.15, 0.2) is 0 Å². The average molecular weight is 573 g/mol. The molecule has 0 aliphatic carbocycles. The van der Waals surface area contributed by atoms with Gasteiger partial charge >= 0.3 is 0 Å². The van der Waals surface area contributed by atoms with Crippen LogP contribution in [0.15, 0.2) is 85.3 Å². The Morgan fingerprint density at radius 2 is 1.93 bits per heavy atom. The average Bonchev–Trinajstić information content (AvgIpc) is 3.56. The van der Waals surface area contributed by atoms with Crippen molar-refractivity contribution in [2.75, 3.05) is 17.3 Å². The van der Waals surface area contributed by atoms with Crippen LogP contribution in [0.3, 0.4) is 0 Å². The molecule has 0 aliphatic heterocycles. The summed E-state index contributed by atoms with van der Waals surface area (Å²) < 4.78 is 38.8. The summed E-state index contributed by atoms with van der Waals surface area (Å²) in [6, 6.07) is 21.7. The third-order valence-electron chi connectivity index (χ3n) is 6.52. The molecule has 3 N–H and O–H groups in total. The molecule has 1 atom stereocenters. The molecule has 3 aromatic carbocycles. The lowest BCUT2D eigenvalue weighted by Crippen LogP contribution is -2.19. The lowest BCUT2D eigenvalue weighted by molar-refractivity contribution is 0.595. The van der Waals surface area contributed by atoms with Crippen LogP contribution in [-0.2, 0) is 16.4 Å². The van der Waals surface area contributed by atoms with E-state index >= 15 is 0 Å². The maximum Gasteiger partial charge on any atom is 0.149 e. The normalized spacial score (nSPS) is 12.7. The zero-order valence-corrected chi connectivity index (χ0v) is 23.1. The molecule has 0 bridgehead atoms. The molecule has 0 saturated carbocycles. The van der Waals surface area contributed by atoms with E-state index in [9.17, 15) is 12.8 Å². The van der Waals surface area contributed by atoms with Gasteiger partial charge in [-0.3, -0.25) is 4.68 Å². The lowest BCUT2D eigenvalue weighted by atomic mass is 10.1. The minimum atomic E-state index is -3.18. The molecule has 6 aromatic rings. The highest BCUT2D eigenvalue weighted by molar-refractivity contribution is 7.90. The number of benzene rings is 3. The second-order valence-electron chi connectivity index (χ2n) is 9.69. The maximum absolute atomic E-state index is 13.6. The van der Waals surface area contributed by atoms with Crippen molar-refractivity contribution in [3.05, 3.63) is 102 Å². The maximum atomic E-state index is 13.6. The Balaban J connectivity index is 1.27. The van der Waals surface area contributed by atoms with Crippen molar-refractivity contribution in [3.63, 3.8) is 0 Å². The van der Waals surface area contributed by atoms with Crippen LogP contribution in [0.1, 0.15) is 16.5 Å². The Morgan fingerprint density at radius 1 is 1.05 bits per heavy atom. The molecule has 6 rings (SSSR count). The molecule has 0 radical (unpaired) electrons. The molecule has 202 valence electrons. The zero-order chi connectivity index (χ0) is 27.9. The van der Waals surface area contributed by atoms with Gasteiger partial charge in [0.2, 0.25) is 0 Å². The first-order valence-electron chi connectivity index (χ1n) is 12.5. The fraction of sp³-hybridized carbons (Fsp3) is 0.138. The third-order valence-corrected chi connectivity index (χ3v) is 8.75. The number of anilines is 2. The Hall–Kier alpha value is -4.19. The molecule has 40 heavy (non-hydrogen) atoms. The van der Waals surface area contributed by atoms with Crippen molar-refractivity contribution >= 4 is 54.5 Å². The summed E-state index contributed by atoms with van der Waals surface area (Å²) in [5.74, 6) is 0.292. The van der Waals surface area contributed by atoms with Gasteiger partial charge in [0.05, 0.1) is 35.6 Å². The van der Waals surface area contributed by atoms with E-state index in [1.165, 1.54) is 36.1 Å². The van der Waals surface area contributed by atoms with Crippen molar-refractivity contribution in [2.45, 2.75) is 12.6 Å². The van der Waals surface area contributed by atoms with Crippen LogP contribution >= 0.6 is 11.3 Å². The van der Waals surface area contributed by atoms with Crippen LogP contribution in [0.5, 0.6) is 0 Å². The van der Waals surface area contributed by atoms with Crippen LogP contribution in [0.4, 0.5) is 15.9 Å². The number of hydrogen-bond acceptors (Lipinski definition) is 8. The minimum absolute atomic E-state index is 0.0966. The van der Waals surface area contributed by atoms with Gasteiger partial charge in [-0.25, -0.2) is 22.8 Å². The van der Waals surface area contributed by atoms with Crippen LogP contribution in [-0.4, -0.2) is 40.2 Å². The van der Waals surface area contributed by atoms with Gasteiger partial charge in [0, 0.05) is 32.5 Å². The van der Waals surface area contributed by atoms with Crippen LogP contribution in [0.25, 0.3) is 32.2 Å². The number of hydrogen-bond donors (Lipinski definition) is 2. The molecule has 1 unspecified atom stereocenters. The SMILES string of the molecule is CS(=O)(=O)CC(N)c1ccc(-c2ccc3ncnc(Nc4ccc5c(cnn5Cc5cccc(F)c5)c4)c3c2)s1. The van der Waals surface area contributed by atoms with Crippen molar-refractivity contribution < 1.29 is 12.8 Å². The van der Waals surface area contributed by atoms with Crippen molar-refractivity contribution in [1.82, 2.24) is 19.7 Å². The summed E-state index contributed by atoms with van der Waals surface area (Å²) in [5.41, 5.74) is 10.5. The highest BCUT2D eigenvalue weighted by atomic mass is 32.2. The fourth-order valence-corrected chi connectivity index (χ4v) is 6.60. The Morgan fingerprint density at radius 3 is 2.75 bits per heavy atom. The molecule has 11 heteroatoms. The highest BCUT2D eigenvalue weighted by Gasteiger charge is 2.16. The monoisotopic (exact) mass is 572 g/mol. The first-order chi connectivity index (χ1) is 19.2. The van der Waals surface area contributed by atoms with E-state index < -0.39 is 15.9 Å². The summed E-state index contributed by atoms with van der Waals surface area (Å²) in [5, 5.41) is 9.70. The van der Waals surface area contributed by atoms with E-state index in [0.29, 0.717) is 12.4 Å². The Labute approximate surface area is 234 Å². The van der Waals surface area contributed by atoms with E-state index in [0.717, 1.165) is 48.4 Å². The quantitative estimate of drug-likeness (QED) is 0.241. The number of rotatable bonds is 8. The second-order valence-corrected chi connectivity index (χ2v) is 13.0. The number of sulfone groups is 1. The topological polar surface area (TPSA) is 116 Å². The summed E-state index contributed by atoms with van der Waals surface area (Å²) in [6.45, 7) is 0.469. The molecule has 0 amide bonds. The zero-order valence-electron chi connectivity index (χ0n) is 21.5. The van der Waals surface area contributed by atoms with Gasteiger partial charge in [-0.1, -0.05) is 18.2 Å². The van der Waals surface area contributed by atoms with Crippen LogP contribution < -0.4 is 11.1 Å². The molecule has 0 spiro atoms. The van der Waals surface area contributed by atoms with Gasteiger partial charge in [-0.05, 0) is 65.7 Å². The highest BCUT2D eigenvalue weighted by Crippen LogP contribution is 2.34. The predicted molar refractivity (Wildman–Crippen MR) is 158 cm³/mol. The van der Waals surface area contributed by atoms with Gasteiger partial charge in [-0.2, -0.15) is 5.10 Å². The summed E-state index contributed by atoms with van der Waals surface area (Å²) in [7, 11) is -3.18. The number of fused-ring (bicyclic) bond motifs is 2. The molecule has 0 saturated heterocycles. The van der Waals surface area contributed by atoms with Crippen molar-refractivity contribution in [2.24, 2.45) is 5.73 Å². The second kappa shape index (κ2) is 10.4. The van der Waals surface area contributed by atoms with Gasteiger partial charge < -0.3 is 11.1 Å². The first kappa shape index (κ1) is 26.1. The predicted octanol–water partition coefficient (Wildman–Crippen LogP) is 5.68. The molecular weight excluding hydrogens is 547 g/mol. The number of nitrogens with two attached hydrogens (primary N) is 1. The number of nitrogens with one attached hydrogen (secondary N) is 1. The van der Waals surface area contributed by atoms with Gasteiger partial charge in [0.1, 0.15) is 27.8 Å². The van der Waals surface area contributed by atoms with E-state index in [-0.39, 0.29) is 11.6 Å². The number of thiophene rings is 1. The van der Waals surface area contributed by atoms with E-state index in [2.05, 4.69) is 20.4 Å². The van der Waals surface area contributed by atoms with Crippen molar-refractivity contribution in [3.8, 4) is 10.4 Å². The standard InChI is InChI=1S/C29H25FN6O2S2/c1-40(37,38)16-24(31)28-10-9-27(39-28)19-5-7-25-23(13-19)29(33-17-32-25)35-22-6-8-26-20(12-22)14-34-36(26)15-18-3-2-4-21(30)11-18/h2-14,17,24H,15-16,31H2,1H3,(H,32,33,35). The molecule has 0 fully saturated rings. The summed E-state index contributed by atoms with van der Waals surface area (Å²) in [6.07, 6.45) is 4.50. The molecule has 3 aromatic heterocycles. The Kier molecular flexibility index (Phi) is 6.78. The fourth-order valence-electron chi connectivity index (χ4n) is 4.66. The van der Waals surface area contributed by atoms with Gasteiger partial charge in [0.25, 0.3) is 0 Å². The largest absolute Gasteiger partial charge is 0.340 e. The number of nitrogens with zero attached hydrogens (tertiary/aromatic N) is 4. The van der Waals surface area contributed by atoms with Crippen LogP contribution in [0, 0.1) is 5.82 Å². The Bertz CT molecular complexity index is 1970. The third kappa shape index (κ3) is 5.57. The summed E-state index contributed by atoms with van der Waals surface area (Å²) in [4.78, 5) is 10.7. The number of aromatic nitrogens is 4. The molecule has 8 nitrogen and oxygen atoms in total. The van der Waals surface area contributed by atoms with Crippen LogP contribution in [0.2, 0.25) is 0 Å². The number of halogens is 1. The molecule has 0 aliphatic rings. The molecule has 3 heterocycles. The lowest BCUT2D eigenvalue weighted by Gasteiger charge is -2.10.